The van der Waals surface area contributed by atoms with Crippen molar-refractivity contribution in [2.45, 2.75) is 13.8 Å². The second-order valence-electron chi connectivity index (χ2n) is 2.63. The first-order chi connectivity index (χ1) is 3.63. The Morgan fingerprint density at radius 3 is 2.25 bits per heavy atom. The van der Waals surface area contributed by atoms with Crippen LogP contribution in [0.25, 0.3) is 0 Å². The molecule has 1 aliphatic carbocycles. The lowest BCUT2D eigenvalue weighted by Gasteiger charge is -2.13. The van der Waals surface area contributed by atoms with Crippen LogP contribution in [0.1, 0.15) is 13.8 Å². The average Bonchev–Trinajstić information content (AvgIpc) is 1.86. The molecule has 0 fully saturated rings. The summed E-state index contributed by atoms with van der Waals surface area (Å²) in [5.41, 5.74) is -0.111. The molecular formula is C7H10O. The van der Waals surface area contributed by atoms with Crippen molar-refractivity contribution >= 4 is 0 Å². The molecule has 1 rings (SSSR count). The Balaban J connectivity index is 2.87. The zero-order valence-corrected chi connectivity index (χ0v) is 5.18. The quantitative estimate of drug-likeness (QED) is 0.505. The van der Waals surface area contributed by atoms with E-state index in [1.165, 1.54) is 0 Å². The van der Waals surface area contributed by atoms with Gasteiger partial charge < -0.3 is 5.11 Å². The Kier molecular flexibility index (Phi) is 0.932. The monoisotopic (exact) mass is 110 g/mol. The molecule has 0 saturated carbocycles. The first-order valence-electron chi connectivity index (χ1n) is 2.72. The fourth-order valence-electron chi connectivity index (χ4n) is 0.680. The largest absolute Gasteiger partial charge is 0.511 e. The van der Waals surface area contributed by atoms with E-state index in [-0.39, 0.29) is 5.41 Å². The van der Waals surface area contributed by atoms with E-state index in [2.05, 4.69) is 0 Å². The Morgan fingerprint density at radius 2 is 2.12 bits per heavy atom. The van der Waals surface area contributed by atoms with Crippen LogP contribution in [-0.2, 0) is 0 Å². The van der Waals surface area contributed by atoms with Gasteiger partial charge in [-0.1, -0.05) is 12.2 Å². The highest BCUT2D eigenvalue weighted by Gasteiger charge is 2.21. The molecule has 1 nitrogen and oxygen atoms in total. The zero-order valence-electron chi connectivity index (χ0n) is 5.18. The second kappa shape index (κ2) is 1.38. The fraction of sp³-hybridized carbons (Fsp3) is 0.429. The number of rotatable bonds is 0. The van der Waals surface area contributed by atoms with Crippen LogP contribution >= 0.6 is 0 Å². The standard InChI is InChI=1S/C7H10O/c1-7(2)5-3-4-6(7)8/h3-5,8H,1-2H3. The molecule has 0 amide bonds. The van der Waals surface area contributed by atoms with Crippen molar-refractivity contribution < 1.29 is 5.11 Å². The van der Waals surface area contributed by atoms with Crippen molar-refractivity contribution in [2.24, 2.45) is 5.41 Å². The lowest BCUT2D eigenvalue weighted by molar-refractivity contribution is 0.309. The van der Waals surface area contributed by atoms with E-state index < -0.39 is 0 Å². The molecule has 0 atom stereocenters. The minimum atomic E-state index is -0.111. The van der Waals surface area contributed by atoms with Crippen molar-refractivity contribution in [3.63, 3.8) is 0 Å². The van der Waals surface area contributed by atoms with Crippen LogP contribution in [0.15, 0.2) is 24.0 Å². The maximum atomic E-state index is 9.06. The van der Waals surface area contributed by atoms with Gasteiger partial charge in [-0.05, 0) is 19.9 Å². The highest BCUT2D eigenvalue weighted by Crippen LogP contribution is 2.29. The summed E-state index contributed by atoms with van der Waals surface area (Å²) in [6, 6.07) is 0. The molecule has 0 spiro atoms. The molecule has 0 unspecified atom stereocenters. The van der Waals surface area contributed by atoms with Crippen LogP contribution in [0.3, 0.4) is 0 Å². The second-order valence-corrected chi connectivity index (χ2v) is 2.63. The summed E-state index contributed by atoms with van der Waals surface area (Å²) in [4.78, 5) is 0. The highest BCUT2D eigenvalue weighted by atomic mass is 16.3. The number of allylic oxidation sites excluding steroid dienone is 3. The topological polar surface area (TPSA) is 20.2 Å². The van der Waals surface area contributed by atoms with Gasteiger partial charge in [-0.15, -0.1) is 0 Å². The normalized spacial score (nSPS) is 23.5. The van der Waals surface area contributed by atoms with Crippen LogP contribution in [0.4, 0.5) is 0 Å². The minimum absolute atomic E-state index is 0.111. The molecule has 0 aromatic heterocycles. The summed E-state index contributed by atoms with van der Waals surface area (Å²) in [5.74, 6) is 0.456. The number of hydrogen-bond donors (Lipinski definition) is 1. The van der Waals surface area contributed by atoms with Gasteiger partial charge >= 0.3 is 0 Å². The van der Waals surface area contributed by atoms with Crippen molar-refractivity contribution in [3.05, 3.63) is 24.0 Å². The van der Waals surface area contributed by atoms with Crippen molar-refractivity contribution in [3.8, 4) is 0 Å². The molecule has 0 bridgehead atoms. The summed E-state index contributed by atoms with van der Waals surface area (Å²) >= 11 is 0. The van der Waals surface area contributed by atoms with E-state index in [9.17, 15) is 0 Å². The van der Waals surface area contributed by atoms with Gasteiger partial charge in [0.1, 0.15) is 5.76 Å². The van der Waals surface area contributed by atoms with Crippen molar-refractivity contribution in [1.29, 1.82) is 0 Å². The smallest absolute Gasteiger partial charge is 0.102 e. The Hall–Kier alpha value is -0.720. The van der Waals surface area contributed by atoms with Crippen LogP contribution in [0.2, 0.25) is 0 Å². The van der Waals surface area contributed by atoms with E-state index in [0.29, 0.717) is 5.76 Å². The zero-order chi connectivity index (χ0) is 6.20. The van der Waals surface area contributed by atoms with Gasteiger partial charge in [-0.2, -0.15) is 0 Å². The molecule has 1 aliphatic rings. The number of hydrogen-bond acceptors (Lipinski definition) is 1. The summed E-state index contributed by atoms with van der Waals surface area (Å²) in [6.45, 7) is 3.95. The first kappa shape index (κ1) is 5.42. The molecule has 0 radical (unpaired) electrons. The highest BCUT2D eigenvalue weighted by molar-refractivity contribution is 5.26. The summed E-state index contributed by atoms with van der Waals surface area (Å²) < 4.78 is 0. The fourth-order valence-corrected chi connectivity index (χ4v) is 0.680. The van der Waals surface area contributed by atoms with Crippen molar-refractivity contribution in [2.75, 3.05) is 0 Å². The third-order valence-electron chi connectivity index (χ3n) is 1.43. The molecule has 0 heterocycles. The van der Waals surface area contributed by atoms with Gasteiger partial charge in [-0.25, -0.2) is 0 Å². The summed E-state index contributed by atoms with van der Waals surface area (Å²) in [7, 11) is 0. The Labute approximate surface area is 49.3 Å². The SMILES string of the molecule is CC1(C)C=CC=C1O. The first-order valence-corrected chi connectivity index (χ1v) is 2.72. The summed E-state index contributed by atoms with van der Waals surface area (Å²) in [5, 5.41) is 9.06. The van der Waals surface area contributed by atoms with Gasteiger partial charge in [0, 0.05) is 5.41 Å². The van der Waals surface area contributed by atoms with Crippen LogP contribution in [0, 0.1) is 5.41 Å². The van der Waals surface area contributed by atoms with Gasteiger partial charge in [0.25, 0.3) is 0 Å². The lowest BCUT2D eigenvalue weighted by atomic mass is 9.94. The molecule has 1 N–H and O–H groups in total. The van der Waals surface area contributed by atoms with E-state index >= 15 is 0 Å². The molecule has 0 aromatic rings. The molecule has 1 heteroatoms. The van der Waals surface area contributed by atoms with Crippen molar-refractivity contribution in [1.82, 2.24) is 0 Å². The number of aliphatic hydroxyl groups is 1. The number of aliphatic hydroxyl groups excluding tert-OH is 1. The molecule has 44 valence electrons. The molecular weight excluding hydrogens is 100 g/mol. The Morgan fingerprint density at radius 1 is 1.50 bits per heavy atom. The maximum absolute atomic E-state index is 9.06. The van der Waals surface area contributed by atoms with E-state index in [1.807, 2.05) is 26.0 Å². The lowest BCUT2D eigenvalue weighted by Crippen LogP contribution is -2.06. The van der Waals surface area contributed by atoms with E-state index in [4.69, 9.17) is 5.11 Å². The molecule has 0 aliphatic heterocycles. The van der Waals surface area contributed by atoms with Gasteiger partial charge in [0.05, 0.1) is 0 Å². The third kappa shape index (κ3) is 0.641. The van der Waals surface area contributed by atoms with Crippen LogP contribution in [-0.4, -0.2) is 5.11 Å². The predicted octanol–water partition coefficient (Wildman–Crippen LogP) is 2.02. The predicted molar refractivity (Wildman–Crippen MR) is 33.6 cm³/mol. The minimum Gasteiger partial charge on any atom is -0.511 e. The summed E-state index contributed by atoms with van der Waals surface area (Å²) in [6.07, 6.45) is 5.57. The average molecular weight is 110 g/mol. The van der Waals surface area contributed by atoms with E-state index in [1.54, 1.807) is 6.08 Å². The van der Waals surface area contributed by atoms with Crippen LogP contribution in [0.5, 0.6) is 0 Å². The third-order valence-corrected chi connectivity index (χ3v) is 1.43. The van der Waals surface area contributed by atoms with Crippen LogP contribution < -0.4 is 0 Å². The van der Waals surface area contributed by atoms with Gasteiger partial charge in [0.15, 0.2) is 0 Å². The van der Waals surface area contributed by atoms with Gasteiger partial charge in [0.2, 0.25) is 0 Å². The Bertz CT molecular complexity index is 152. The molecule has 0 aromatic carbocycles. The van der Waals surface area contributed by atoms with E-state index in [0.717, 1.165) is 0 Å². The van der Waals surface area contributed by atoms with Gasteiger partial charge in [-0.3, -0.25) is 0 Å². The maximum Gasteiger partial charge on any atom is 0.102 e. The molecule has 0 saturated heterocycles. The molecule has 8 heavy (non-hydrogen) atoms.